The van der Waals surface area contributed by atoms with Gasteiger partial charge in [0.25, 0.3) is 11.8 Å². The minimum Gasteiger partial charge on any atom is -0.368 e. The summed E-state index contributed by atoms with van der Waals surface area (Å²) in [7, 11) is 0. The molecule has 1 saturated heterocycles. The molecule has 142 valence electrons. The Balaban J connectivity index is 1.85. The average Bonchev–Trinajstić information content (AvgIpc) is 3.12. The van der Waals surface area contributed by atoms with E-state index in [-0.39, 0.29) is 11.5 Å². The largest absolute Gasteiger partial charge is 0.405 e. The molecule has 26 heavy (non-hydrogen) atoms. The van der Waals surface area contributed by atoms with Crippen molar-refractivity contribution in [2.75, 3.05) is 25.0 Å². The molecule has 1 aliphatic heterocycles. The number of anilines is 1. The van der Waals surface area contributed by atoms with Gasteiger partial charge in [-0.1, -0.05) is 6.07 Å². The van der Waals surface area contributed by atoms with Crippen molar-refractivity contribution in [1.82, 2.24) is 10.6 Å². The van der Waals surface area contributed by atoms with Gasteiger partial charge >= 0.3 is 6.18 Å². The molecule has 0 aliphatic carbocycles. The van der Waals surface area contributed by atoms with Crippen LogP contribution < -0.4 is 16.0 Å². The second-order valence-electron chi connectivity index (χ2n) is 5.65. The third-order valence-electron chi connectivity index (χ3n) is 3.51. The lowest BCUT2D eigenvalue weighted by atomic mass is 10.1. The van der Waals surface area contributed by atoms with Crippen LogP contribution in [0.5, 0.6) is 0 Å². The molecular formula is C16H18F3N3O4. The van der Waals surface area contributed by atoms with Gasteiger partial charge in [0.1, 0.15) is 12.6 Å². The lowest BCUT2D eigenvalue weighted by Crippen LogP contribution is -2.40. The van der Waals surface area contributed by atoms with Crippen molar-refractivity contribution < 1.29 is 32.3 Å². The van der Waals surface area contributed by atoms with Gasteiger partial charge in [-0.15, -0.1) is 0 Å². The van der Waals surface area contributed by atoms with Crippen molar-refractivity contribution in [3.63, 3.8) is 0 Å². The summed E-state index contributed by atoms with van der Waals surface area (Å²) < 4.78 is 41.2. The van der Waals surface area contributed by atoms with E-state index in [1.807, 2.05) is 0 Å². The normalized spacial score (nSPS) is 16.8. The van der Waals surface area contributed by atoms with Gasteiger partial charge in [0.15, 0.2) is 0 Å². The molecule has 1 aromatic rings. The van der Waals surface area contributed by atoms with Crippen molar-refractivity contribution in [1.29, 1.82) is 0 Å². The maximum absolute atomic E-state index is 12.0. The van der Waals surface area contributed by atoms with Gasteiger partial charge in [0.2, 0.25) is 5.91 Å². The molecule has 1 fully saturated rings. The average molecular weight is 373 g/mol. The van der Waals surface area contributed by atoms with Crippen LogP contribution in [-0.2, 0) is 14.3 Å². The number of carbonyl (C=O) groups is 3. The third-order valence-corrected chi connectivity index (χ3v) is 3.51. The minimum absolute atomic E-state index is 0.152. The number of hydrogen-bond donors (Lipinski definition) is 3. The van der Waals surface area contributed by atoms with Gasteiger partial charge in [0.05, 0.1) is 6.54 Å². The molecule has 0 spiro atoms. The van der Waals surface area contributed by atoms with Gasteiger partial charge in [-0.3, -0.25) is 14.4 Å². The fraction of sp³-hybridized carbons (Fsp3) is 0.438. The van der Waals surface area contributed by atoms with Crippen LogP contribution in [0, 0.1) is 0 Å². The highest BCUT2D eigenvalue weighted by Gasteiger charge is 2.27. The maximum atomic E-state index is 12.0. The molecular weight excluding hydrogens is 355 g/mol. The topological polar surface area (TPSA) is 96.5 Å². The molecule has 10 heteroatoms. The lowest BCUT2D eigenvalue weighted by Gasteiger charge is -2.12. The molecule has 3 amide bonds. The number of ether oxygens (including phenoxy) is 1. The molecule has 1 unspecified atom stereocenters. The number of carbonyl (C=O) groups excluding carboxylic acids is 3. The number of halogens is 3. The lowest BCUT2D eigenvalue weighted by molar-refractivity contribution is -0.137. The predicted octanol–water partition coefficient (Wildman–Crippen LogP) is 1.21. The molecule has 0 saturated carbocycles. The van der Waals surface area contributed by atoms with E-state index in [1.165, 1.54) is 18.2 Å². The predicted molar refractivity (Wildman–Crippen MR) is 85.4 cm³/mol. The summed E-state index contributed by atoms with van der Waals surface area (Å²) in [5.41, 5.74) is 0.526. The standard InChI is InChI=1S/C16H18F3N3O4/c17-16(18,19)9-21-13(23)8-20-14(24)10-3-1-4-11(7-10)22-15(25)12-5-2-6-26-12/h1,3-4,7,12H,2,5-6,8-9H2,(H,20,24)(H,21,23)(H,22,25). The van der Waals surface area contributed by atoms with Crippen LogP contribution in [0.4, 0.5) is 18.9 Å². The number of hydrogen-bond acceptors (Lipinski definition) is 4. The Morgan fingerprint density at radius 1 is 1.19 bits per heavy atom. The van der Waals surface area contributed by atoms with Crippen molar-refractivity contribution in [3.8, 4) is 0 Å². The SMILES string of the molecule is O=C(CNC(=O)c1cccc(NC(=O)C2CCCO2)c1)NCC(F)(F)F. The van der Waals surface area contributed by atoms with Gasteiger partial charge in [-0.05, 0) is 31.0 Å². The van der Waals surface area contributed by atoms with Crippen molar-refractivity contribution >= 4 is 23.4 Å². The van der Waals surface area contributed by atoms with E-state index < -0.39 is 37.2 Å². The Bertz CT molecular complexity index is 673. The van der Waals surface area contributed by atoms with Crippen molar-refractivity contribution in [2.45, 2.75) is 25.1 Å². The van der Waals surface area contributed by atoms with E-state index in [9.17, 15) is 27.6 Å². The van der Waals surface area contributed by atoms with Gasteiger partial charge < -0.3 is 20.7 Å². The summed E-state index contributed by atoms with van der Waals surface area (Å²) in [6.45, 7) is -1.54. The second-order valence-corrected chi connectivity index (χ2v) is 5.65. The monoisotopic (exact) mass is 373 g/mol. The summed E-state index contributed by atoms with van der Waals surface area (Å²) in [5.74, 6) is -1.93. The van der Waals surface area contributed by atoms with Crippen LogP contribution in [0.3, 0.4) is 0 Å². The first-order chi connectivity index (χ1) is 12.2. The van der Waals surface area contributed by atoms with E-state index in [1.54, 1.807) is 11.4 Å². The fourth-order valence-corrected chi connectivity index (χ4v) is 2.27. The first-order valence-electron chi connectivity index (χ1n) is 7.89. The third kappa shape index (κ3) is 6.36. The Kier molecular flexibility index (Phi) is 6.56. The van der Waals surface area contributed by atoms with E-state index in [0.29, 0.717) is 18.7 Å². The smallest absolute Gasteiger partial charge is 0.368 e. The highest BCUT2D eigenvalue weighted by molar-refractivity contribution is 5.99. The van der Waals surface area contributed by atoms with E-state index in [4.69, 9.17) is 4.74 Å². The maximum Gasteiger partial charge on any atom is 0.405 e. The Morgan fingerprint density at radius 3 is 2.62 bits per heavy atom. The second kappa shape index (κ2) is 8.65. The van der Waals surface area contributed by atoms with E-state index in [2.05, 4.69) is 10.6 Å². The van der Waals surface area contributed by atoms with Gasteiger partial charge in [0, 0.05) is 17.9 Å². The molecule has 7 nitrogen and oxygen atoms in total. The molecule has 0 aromatic heterocycles. The zero-order valence-electron chi connectivity index (χ0n) is 13.7. The van der Waals surface area contributed by atoms with Gasteiger partial charge in [-0.2, -0.15) is 13.2 Å². The highest BCUT2D eigenvalue weighted by Crippen LogP contribution is 2.16. The number of rotatable bonds is 6. The van der Waals surface area contributed by atoms with Crippen LogP contribution in [0.15, 0.2) is 24.3 Å². The fourth-order valence-electron chi connectivity index (χ4n) is 2.27. The molecule has 3 N–H and O–H groups in total. The molecule has 2 rings (SSSR count). The minimum atomic E-state index is -4.52. The van der Waals surface area contributed by atoms with Crippen molar-refractivity contribution in [3.05, 3.63) is 29.8 Å². The molecule has 1 aliphatic rings. The van der Waals surface area contributed by atoms with E-state index >= 15 is 0 Å². The van der Waals surface area contributed by atoms with Crippen LogP contribution in [0.25, 0.3) is 0 Å². The zero-order chi connectivity index (χ0) is 19.2. The Morgan fingerprint density at radius 2 is 1.96 bits per heavy atom. The zero-order valence-corrected chi connectivity index (χ0v) is 13.7. The Hall–Kier alpha value is -2.62. The first kappa shape index (κ1) is 19.7. The first-order valence-corrected chi connectivity index (χ1v) is 7.89. The van der Waals surface area contributed by atoms with Crippen LogP contribution >= 0.6 is 0 Å². The number of benzene rings is 1. The quantitative estimate of drug-likeness (QED) is 0.698. The van der Waals surface area contributed by atoms with Crippen LogP contribution in [-0.4, -0.2) is 49.7 Å². The molecule has 0 radical (unpaired) electrons. The van der Waals surface area contributed by atoms with Crippen LogP contribution in [0.2, 0.25) is 0 Å². The number of alkyl halides is 3. The summed E-state index contributed by atoms with van der Waals surface area (Å²) >= 11 is 0. The van der Waals surface area contributed by atoms with E-state index in [0.717, 1.165) is 6.42 Å². The summed E-state index contributed by atoms with van der Waals surface area (Å²) in [5, 5.41) is 6.50. The number of amides is 3. The summed E-state index contributed by atoms with van der Waals surface area (Å²) in [6.07, 6.45) is -3.62. The number of nitrogens with one attached hydrogen (secondary N) is 3. The molecule has 1 atom stereocenters. The van der Waals surface area contributed by atoms with Crippen molar-refractivity contribution in [2.24, 2.45) is 0 Å². The summed E-state index contributed by atoms with van der Waals surface area (Å²) in [4.78, 5) is 35.3. The Labute approximate surface area is 147 Å². The molecule has 1 aromatic carbocycles. The molecule has 1 heterocycles. The summed E-state index contributed by atoms with van der Waals surface area (Å²) in [6, 6.07) is 5.96. The highest BCUT2D eigenvalue weighted by atomic mass is 19.4. The molecule has 0 bridgehead atoms. The van der Waals surface area contributed by atoms with Gasteiger partial charge in [-0.25, -0.2) is 0 Å². The van der Waals surface area contributed by atoms with Crippen LogP contribution in [0.1, 0.15) is 23.2 Å².